The van der Waals surface area contributed by atoms with Gasteiger partial charge in [-0.05, 0) is 99.0 Å². The summed E-state index contributed by atoms with van der Waals surface area (Å²) in [6, 6.07) is -1.74. The van der Waals surface area contributed by atoms with Crippen LogP contribution in [0.4, 0.5) is 0 Å². The fraction of sp³-hybridized carbons (Fsp3) is 0.844. The van der Waals surface area contributed by atoms with E-state index in [-0.39, 0.29) is 76.9 Å². The Kier molecular flexibility index (Phi) is 12.6. The van der Waals surface area contributed by atoms with E-state index < -0.39 is 44.9 Å². The SMILES string of the molecule is C=C[C@@H]1C[C@]1(CC(=O)[C@@H]1C[C@@]2(CN1C(=O)[C@@H](CC(=O)[C@@H](NC(=O)[C@@H]1CCCN1CC)C1CCCCC1)C(C)(C)C)C(C)(C)C21CCC1)C(=O)NS(=O)(=O)N(C)CCC. The number of ketones is 2. The van der Waals surface area contributed by atoms with E-state index in [4.69, 9.17) is 0 Å². The quantitative estimate of drug-likeness (QED) is 0.175. The molecule has 4 saturated carbocycles. The Bertz CT molecular complexity index is 1750. The zero-order chi connectivity index (χ0) is 42.6. The van der Waals surface area contributed by atoms with Crippen molar-refractivity contribution in [3.63, 3.8) is 0 Å². The first kappa shape index (κ1) is 44.9. The predicted octanol–water partition coefficient (Wildman–Crippen LogP) is 5.81. The topological polar surface area (TPSA) is 153 Å². The number of carbonyl (C=O) groups excluding carboxylic acids is 5. The number of likely N-dealkylation sites (N-methyl/N-ethyl adjacent to an activating group) is 1. The van der Waals surface area contributed by atoms with Gasteiger partial charge in [0.1, 0.15) is 0 Å². The fourth-order valence-electron chi connectivity index (χ4n) is 12.4. The van der Waals surface area contributed by atoms with E-state index in [9.17, 15) is 27.6 Å². The van der Waals surface area contributed by atoms with Crippen molar-refractivity contribution in [3.05, 3.63) is 12.7 Å². The highest BCUT2D eigenvalue weighted by atomic mass is 32.2. The molecule has 0 bridgehead atoms. The van der Waals surface area contributed by atoms with Gasteiger partial charge in [0.05, 0.1) is 23.5 Å². The van der Waals surface area contributed by atoms with Crippen molar-refractivity contribution >= 4 is 39.5 Å². The van der Waals surface area contributed by atoms with E-state index in [2.05, 4.69) is 42.3 Å². The Morgan fingerprint density at radius 3 is 2.14 bits per heavy atom. The summed E-state index contributed by atoms with van der Waals surface area (Å²) in [6.45, 7) is 20.5. The molecule has 0 unspecified atom stereocenters. The summed E-state index contributed by atoms with van der Waals surface area (Å²) in [5, 5.41) is 3.23. The first-order chi connectivity index (χ1) is 27.2. The average Bonchev–Trinajstić information content (AvgIpc) is 3.66. The van der Waals surface area contributed by atoms with Crippen molar-refractivity contribution in [3.8, 4) is 0 Å². The third kappa shape index (κ3) is 7.64. The van der Waals surface area contributed by atoms with Gasteiger partial charge in [0.2, 0.25) is 17.7 Å². The average molecular weight is 828 g/mol. The van der Waals surface area contributed by atoms with Gasteiger partial charge in [-0.2, -0.15) is 12.7 Å². The van der Waals surface area contributed by atoms with Crippen molar-refractivity contribution in [1.82, 2.24) is 24.1 Å². The molecule has 6 aliphatic rings. The number of carbonyl (C=O) groups is 5. The van der Waals surface area contributed by atoms with Gasteiger partial charge in [-0.3, -0.25) is 28.9 Å². The number of hydrogen-bond donors (Lipinski definition) is 2. The second kappa shape index (κ2) is 16.3. The molecule has 0 radical (unpaired) electrons. The second-order valence-corrected chi connectivity index (χ2v) is 22.5. The van der Waals surface area contributed by atoms with Crippen molar-refractivity contribution < 1.29 is 32.4 Å². The smallest absolute Gasteiger partial charge is 0.303 e. The summed E-state index contributed by atoms with van der Waals surface area (Å²) in [6.07, 6.45) is 12.4. The lowest BCUT2D eigenvalue weighted by Crippen LogP contribution is -2.54. The molecular formula is C45H73N5O7S. The highest BCUT2D eigenvalue weighted by Gasteiger charge is 2.85. The summed E-state index contributed by atoms with van der Waals surface area (Å²) in [5.74, 6) is -2.52. The van der Waals surface area contributed by atoms with Gasteiger partial charge < -0.3 is 10.2 Å². The summed E-state index contributed by atoms with van der Waals surface area (Å²) >= 11 is 0. The first-order valence-corrected chi connectivity index (χ1v) is 23.9. The molecule has 13 heteroatoms. The number of fused-ring (bicyclic) bond motifs is 1. The minimum atomic E-state index is -4.12. The first-order valence-electron chi connectivity index (χ1n) is 22.5. The van der Waals surface area contributed by atoms with Crippen molar-refractivity contribution in [2.45, 2.75) is 163 Å². The van der Waals surface area contributed by atoms with E-state index in [1.165, 1.54) is 7.05 Å². The van der Waals surface area contributed by atoms with Gasteiger partial charge in [-0.25, -0.2) is 4.72 Å². The molecule has 4 aliphatic carbocycles. The summed E-state index contributed by atoms with van der Waals surface area (Å²) < 4.78 is 29.6. The zero-order valence-electron chi connectivity index (χ0n) is 36.8. The van der Waals surface area contributed by atoms with Crippen LogP contribution in [0.15, 0.2) is 12.7 Å². The molecule has 6 rings (SSSR count). The number of nitrogens with zero attached hydrogens (tertiary/aromatic N) is 3. The predicted molar refractivity (Wildman–Crippen MR) is 224 cm³/mol. The molecular weight excluding hydrogens is 755 g/mol. The highest BCUT2D eigenvalue weighted by molar-refractivity contribution is 7.87. The van der Waals surface area contributed by atoms with Gasteiger partial charge in [-0.15, -0.1) is 6.58 Å². The molecule has 2 aliphatic heterocycles. The van der Waals surface area contributed by atoms with Crippen LogP contribution in [0.3, 0.4) is 0 Å². The van der Waals surface area contributed by atoms with E-state index in [1.807, 2.05) is 27.7 Å². The molecule has 0 aromatic rings. The van der Waals surface area contributed by atoms with Crippen LogP contribution in [-0.4, -0.2) is 103 Å². The van der Waals surface area contributed by atoms with E-state index >= 15 is 4.79 Å². The molecule has 2 saturated heterocycles. The number of nitrogens with one attached hydrogen (secondary N) is 2. The van der Waals surface area contributed by atoms with Crippen LogP contribution < -0.4 is 10.0 Å². The minimum Gasteiger partial charge on any atom is -0.345 e. The van der Waals surface area contributed by atoms with Gasteiger partial charge in [0, 0.05) is 44.3 Å². The normalized spacial score (nSPS) is 31.5. The van der Waals surface area contributed by atoms with Crippen LogP contribution in [0.25, 0.3) is 0 Å². The van der Waals surface area contributed by atoms with Crippen LogP contribution >= 0.6 is 0 Å². The third-order valence-corrected chi connectivity index (χ3v) is 18.0. The molecule has 3 amide bonds. The third-order valence-electron chi connectivity index (χ3n) is 16.6. The molecule has 0 aromatic heterocycles. The van der Waals surface area contributed by atoms with Crippen LogP contribution in [0.5, 0.6) is 0 Å². The largest absolute Gasteiger partial charge is 0.345 e. The molecule has 2 N–H and O–H groups in total. The van der Waals surface area contributed by atoms with E-state index in [0.717, 1.165) is 81.6 Å². The Morgan fingerprint density at radius 1 is 0.931 bits per heavy atom. The monoisotopic (exact) mass is 828 g/mol. The van der Waals surface area contributed by atoms with Gasteiger partial charge >= 0.3 is 10.2 Å². The Balaban J connectivity index is 1.28. The molecule has 7 atom stereocenters. The maximum atomic E-state index is 15.3. The molecule has 0 aromatic carbocycles. The lowest BCUT2D eigenvalue weighted by Gasteiger charge is -2.37. The number of likely N-dealkylation sites (tertiary alicyclic amines) is 2. The number of allylic oxidation sites excluding steroid dienone is 1. The van der Waals surface area contributed by atoms with Gasteiger partial charge in [0.25, 0.3) is 0 Å². The maximum absolute atomic E-state index is 15.3. The molecule has 2 spiro atoms. The molecule has 58 heavy (non-hydrogen) atoms. The molecule has 6 fully saturated rings. The maximum Gasteiger partial charge on any atom is 0.303 e. The Morgan fingerprint density at radius 2 is 1.60 bits per heavy atom. The van der Waals surface area contributed by atoms with Crippen molar-refractivity contribution in [2.75, 3.05) is 33.2 Å². The summed E-state index contributed by atoms with van der Waals surface area (Å²) in [4.78, 5) is 76.5. The van der Waals surface area contributed by atoms with Crippen LogP contribution in [0.1, 0.15) is 145 Å². The summed E-state index contributed by atoms with van der Waals surface area (Å²) in [7, 11) is -2.70. The second-order valence-electron chi connectivity index (χ2n) is 20.7. The number of amides is 3. The van der Waals surface area contributed by atoms with Gasteiger partial charge in [0.15, 0.2) is 11.6 Å². The van der Waals surface area contributed by atoms with Crippen LogP contribution in [-0.2, 0) is 34.2 Å². The fourth-order valence-corrected chi connectivity index (χ4v) is 13.5. The number of Topliss-reactive ketones (excluding diaryl/α,β-unsaturated/α-hetero) is 2. The van der Waals surface area contributed by atoms with Crippen LogP contribution in [0.2, 0.25) is 0 Å². The Hall–Kier alpha value is -2.64. The molecule has 12 nitrogen and oxygen atoms in total. The summed E-state index contributed by atoms with van der Waals surface area (Å²) in [5.41, 5.74) is -2.25. The highest BCUT2D eigenvalue weighted by Crippen LogP contribution is 2.88. The van der Waals surface area contributed by atoms with Gasteiger partial charge in [-0.1, -0.05) is 80.2 Å². The van der Waals surface area contributed by atoms with Crippen molar-refractivity contribution in [2.24, 2.45) is 44.8 Å². The standard InChI is InChI=1S/C45H73N5O7S/c1-10-23-48(9)58(56,57)47-40(55)43(26-31(43)11-2)28-36(52)34-27-45(42(7,8)44(45)21-17-22-44)29-50(34)39(54)32(41(4,5)6)25-35(51)37(30-18-14-13-15-19-30)46-38(53)33-20-16-24-49(33)12-3/h11,30-34,37H,2,10,12-29H2,1,3-9H3,(H,46,53)(H,47,55)/t31-,32-,33+,34+,37+,43-,45-/m1/s1. The number of hydrogen-bond acceptors (Lipinski definition) is 8. The van der Waals surface area contributed by atoms with E-state index in [1.54, 1.807) is 11.0 Å². The lowest BCUT2D eigenvalue weighted by atomic mass is 9.73. The lowest BCUT2D eigenvalue weighted by molar-refractivity contribution is -0.147. The zero-order valence-corrected chi connectivity index (χ0v) is 37.6. The van der Waals surface area contributed by atoms with E-state index in [0.29, 0.717) is 25.8 Å². The minimum absolute atomic E-state index is 0.0109. The van der Waals surface area contributed by atoms with Crippen molar-refractivity contribution in [1.29, 1.82) is 0 Å². The Labute approximate surface area is 348 Å². The number of rotatable bonds is 17. The molecule has 326 valence electrons. The van der Waals surface area contributed by atoms with Crippen LogP contribution in [0, 0.1) is 44.8 Å². The molecule has 2 heterocycles.